The summed E-state index contributed by atoms with van der Waals surface area (Å²) in [7, 11) is -3.91. The van der Waals surface area contributed by atoms with E-state index in [-0.39, 0.29) is 16.1 Å². The van der Waals surface area contributed by atoms with E-state index in [0.717, 1.165) is 0 Å². The van der Waals surface area contributed by atoms with Gasteiger partial charge >= 0.3 is 5.97 Å². The number of aromatic nitrogens is 1. The molecule has 0 aliphatic rings. The molecule has 2 rings (SSSR count). The molecule has 0 saturated heterocycles. The van der Waals surface area contributed by atoms with Crippen LogP contribution in [-0.2, 0) is 26.0 Å². The van der Waals surface area contributed by atoms with Crippen LogP contribution in [-0.4, -0.2) is 32.1 Å². The predicted molar refractivity (Wildman–Crippen MR) is 92.1 cm³/mol. The zero-order valence-electron chi connectivity index (χ0n) is 14.5. The predicted octanol–water partition coefficient (Wildman–Crippen LogP) is 1.30. The topological polar surface area (TPSA) is 142 Å². The van der Waals surface area contributed by atoms with Crippen LogP contribution < -0.4 is 10.5 Å². The van der Waals surface area contributed by atoms with Gasteiger partial charge in [-0.05, 0) is 38.0 Å². The van der Waals surface area contributed by atoms with Crippen molar-refractivity contribution < 1.29 is 27.3 Å². The van der Waals surface area contributed by atoms with Crippen molar-refractivity contribution in [2.75, 3.05) is 11.9 Å². The molecule has 2 aromatic rings. The highest BCUT2D eigenvalue weighted by molar-refractivity contribution is 7.89. The van der Waals surface area contributed by atoms with E-state index >= 15 is 0 Å². The van der Waals surface area contributed by atoms with E-state index < -0.39 is 28.5 Å². The molecule has 0 atom stereocenters. The van der Waals surface area contributed by atoms with Crippen molar-refractivity contribution in [1.82, 2.24) is 5.16 Å². The van der Waals surface area contributed by atoms with E-state index in [4.69, 9.17) is 14.4 Å². The van der Waals surface area contributed by atoms with Crippen LogP contribution in [0.2, 0.25) is 0 Å². The van der Waals surface area contributed by atoms with Gasteiger partial charge < -0.3 is 14.6 Å². The number of benzene rings is 1. The first-order chi connectivity index (χ1) is 12.1. The molecule has 1 aromatic carbocycles. The number of nitrogens with two attached hydrogens (primary N) is 1. The summed E-state index contributed by atoms with van der Waals surface area (Å²) in [4.78, 5) is 24.0. The molecule has 3 N–H and O–H groups in total. The second-order valence-electron chi connectivity index (χ2n) is 5.56. The fraction of sp³-hybridized carbons (Fsp3) is 0.312. The number of amides is 1. The van der Waals surface area contributed by atoms with E-state index in [0.29, 0.717) is 23.4 Å². The van der Waals surface area contributed by atoms with E-state index in [2.05, 4.69) is 10.5 Å². The lowest BCUT2D eigenvalue weighted by atomic mass is 10.1. The fourth-order valence-corrected chi connectivity index (χ4v) is 3.11. The number of esters is 1. The summed E-state index contributed by atoms with van der Waals surface area (Å²) < 4.78 is 32.9. The lowest BCUT2D eigenvalue weighted by Gasteiger charge is -2.09. The first kappa shape index (κ1) is 19.6. The molecular weight excluding hydrogens is 362 g/mol. The van der Waals surface area contributed by atoms with Crippen LogP contribution in [0.3, 0.4) is 0 Å². The highest BCUT2D eigenvalue weighted by atomic mass is 32.2. The van der Waals surface area contributed by atoms with Gasteiger partial charge in [-0.2, -0.15) is 0 Å². The molecule has 0 spiro atoms. The van der Waals surface area contributed by atoms with E-state index in [1.54, 1.807) is 20.8 Å². The maximum Gasteiger partial charge on any atom is 0.344 e. The Hall–Kier alpha value is -2.72. The lowest BCUT2D eigenvalue weighted by Crippen LogP contribution is -2.22. The highest BCUT2D eigenvalue weighted by Gasteiger charge is 2.21. The van der Waals surface area contributed by atoms with Gasteiger partial charge in [0.1, 0.15) is 11.3 Å². The van der Waals surface area contributed by atoms with Gasteiger partial charge in [0.25, 0.3) is 5.91 Å². The van der Waals surface area contributed by atoms with Gasteiger partial charge in [-0.15, -0.1) is 0 Å². The number of hydrogen-bond donors (Lipinski definition) is 2. The monoisotopic (exact) mass is 381 g/mol. The van der Waals surface area contributed by atoms with Gasteiger partial charge in [0.05, 0.1) is 10.6 Å². The van der Waals surface area contributed by atoms with Crippen molar-refractivity contribution in [2.45, 2.75) is 32.1 Å². The zero-order chi connectivity index (χ0) is 19.5. The quantitative estimate of drug-likeness (QED) is 0.718. The molecule has 1 amide bonds. The third-order valence-electron chi connectivity index (χ3n) is 3.59. The number of hydrogen-bond acceptors (Lipinski definition) is 7. The Balaban J connectivity index is 2.04. The number of primary sulfonamides is 1. The lowest BCUT2D eigenvalue weighted by molar-refractivity contribution is -0.119. The maximum absolute atomic E-state index is 12.1. The number of carbonyl (C=O) groups is 2. The van der Waals surface area contributed by atoms with Crippen molar-refractivity contribution in [1.29, 1.82) is 0 Å². The van der Waals surface area contributed by atoms with Crippen LogP contribution in [0.25, 0.3) is 0 Å². The normalized spacial score (nSPS) is 11.2. The van der Waals surface area contributed by atoms with Gasteiger partial charge in [0, 0.05) is 5.69 Å². The molecule has 10 heteroatoms. The minimum atomic E-state index is -3.91. The number of carbonyl (C=O) groups excluding carboxylic acids is 2. The number of nitrogens with one attached hydrogen (secondary N) is 1. The molecule has 9 nitrogen and oxygen atoms in total. The zero-order valence-corrected chi connectivity index (χ0v) is 15.3. The molecule has 0 unspecified atom stereocenters. The van der Waals surface area contributed by atoms with Gasteiger partial charge in [-0.1, -0.05) is 18.1 Å². The molecule has 0 fully saturated rings. The molecule has 1 heterocycles. The van der Waals surface area contributed by atoms with Crippen molar-refractivity contribution in [3.8, 4) is 0 Å². The first-order valence-electron chi connectivity index (χ1n) is 7.69. The molecule has 1 aromatic heterocycles. The smallest absolute Gasteiger partial charge is 0.344 e. The molecule has 0 radical (unpaired) electrons. The average molecular weight is 381 g/mol. The Morgan fingerprint density at radius 3 is 2.62 bits per heavy atom. The number of rotatable bonds is 6. The Morgan fingerprint density at radius 2 is 2.00 bits per heavy atom. The summed E-state index contributed by atoms with van der Waals surface area (Å²) in [6, 6.07) is 4.27. The van der Waals surface area contributed by atoms with Gasteiger partial charge in [-0.3, -0.25) is 4.79 Å². The summed E-state index contributed by atoms with van der Waals surface area (Å²) in [5, 5.41) is 11.3. The summed E-state index contributed by atoms with van der Waals surface area (Å²) in [5.41, 5.74) is 1.32. The second-order valence-corrected chi connectivity index (χ2v) is 7.09. The molecule has 26 heavy (non-hydrogen) atoms. The van der Waals surface area contributed by atoms with E-state index in [1.165, 1.54) is 18.2 Å². The van der Waals surface area contributed by atoms with Crippen LogP contribution in [0.1, 0.15) is 34.3 Å². The molecule has 0 bridgehead atoms. The fourth-order valence-electron chi connectivity index (χ4n) is 2.31. The number of anilines is 1. The standard InChI is InChI=1S/C16H19N3O6S/c1-4-12-15(10(3)25-19-12)16(21)24-8-14(20)18-11-6-5-9(2)13(7-11)26(17,22)23/h5-7H,4,8H2,1-3H3,(H,18,20)(H2,17,22,23). The summed E-state index contributed by atoms with van der Waals surface area (Å²) >= 11 is 0. The molecule has 0 aliphatic heterocycles. The van der Waals surface area contributed by atoms with Crippen molar-refractivity contribution in [2.24, 2.45) is 5.14 Å². The molecular formula is C16H19N3O6S. The van der Waals surface area contributed by atoms with Crippen molar-refractivity contribution in [3.63, 3.8) is 0 Å². The van der Waals surface area contributed by atoms with Gasteiger partial charge in [-0.25, -0.2) is 18.4 Å². The molecule has 140 valence electrons. The van der Waals surface area contributed by atoms with Crippen LogP contribution in [0.15, 0.2) is 27.6 Å². The minimum Gasteiger partial charge on any atom is -0.452 e. The third kappa shape index (κ3) is 4.46. The first-order valence-corrected chi connectivity index (χ1v) is 9.23. The van der Waals surface area contributed by atoms with Gasteiger partial charge in [0.2, 0.25) is 10.0 Å². The van der Waals surface area contributed by atoms with Gasteiger partial charge in [0.15, 0.2) is 6.61 Å². The highest BCUT2D eigenvalue weighted by Crippen LogP contribution is 2.19. The number of nitrogens with zero attached hydrogens (tertiary/aromatic N) is 1. The maximum atomic E-state index is 12.1. The Morgan fingerprint density at radius 1 is 1.31 bits per heavy atom. The van der Waals surface area contributed by atoms with Crippen LogP contribution in [0.5, 0.6) is 0 Å². The Bertz CT molecular complexity index is 949. The van der Waals surface area contributed by atoms with E-state index in [9.17, 15) is 18.0 Å². The Kier molecular flexibility index (Phi) is 5.78. The Labute approximate surface area is 150 Å². The summed E-state index contributed by atoms with van der Waals surface area (Å²) in [6.07, 6.45) is 0.480. The van der Waals surface area contributed by atoms with Crippen LogP contribution in [0, 0.1) is 13.8 Å². The second kappa shape index (κ2) is 7.67. The number of aryl methyl sites for hydroxylation is 3. The summed E-state index contributed by atoms with van der Waals surface area (Å²) in [6.45, 7) is 4.41. The average Bonchev–Trinajstić information content (AvgIpc) is 2.94. The third-order valence-corrected chi connectivity index (χ3v) is 4.64. The van der Waals surface area contributed by atoms with E-state index in [1.807, 2.05) is 0 Å². The molecule has 0 aliphatic carbocycles. The molecule has 0 saturated carbocycles. The van der Waals surface area contributed by atoms with Crippen molar-refractivity contribution in [3.05, 3.63) is 40.8 Å². The number of sulfonamides is 1. The van der Waals surface area contributed by atoms with Crippen molar-refractivity contribution >= 4 is 27.6 Å². The van der Waals surface area contributed by atoms with Crippen LogP contribution in [0.4, 0.5) is 5.69 Å². The van der Waals surface area contributed by atoms with Crippen LogP contribution >= 0.6 is 0 Å². The SMILES string of the molecule is CCc1noc(C)c1C(=O)OCC(=O)Nc1ccc(C)c(S(N)(=O)=O)c1. The summed E-state index contributed by atoms with van der Waals surface area (Å²) in [5.74, 6) is -1.04. The minimum absolute atomic E-state index is 0.0972. The largest absolute Gasteiger partial charge is 0.452 e. The number of ether oxygens (including phenoxy) is 1.